The topological polar surface area (TPSA) is 58.6 Å². The number of rotatable bonds is 2. The predicted octanol–water partition coefficient (Wildman–Crippen LogP) is 4.02. The number of carboxylic acid groups (broad SMARTS) is 1. The molecule has 0 radical (unpaired) electrons. The highest BCUT2D eigenvalue weighted by atomic mass is 16.5. The standard InChI is InChI=1S/C19H19NO3/c21-19(22)13-9-7-12(8-10-13)17-15-5-3-11-23-18(15)14-4-1-2-6-16(14)20-17/h1-2,4,6-10,15,17-18,20H,3,5,11H2,(H,21,22)/t15-,17-,18?/m0/s1. The van der Waals surface area contributed by atoms with Gasteiger partial charge in [0.15, 0.2) is 0 Å². The molecular weight excluding hydrogens is 290 g/mol. The van der Waals surface area contributed by atoms with E-state index in [0.29, 0.717) is 11.5 Å². The predicted molar refractivity (Wildman–Crippen MR) is 87.6 cm³/mol. The molecule has 3 atom stereocenters. The van der Waals surface area contributed by atoms with E-state index in [1.54, 1.807) is 12.1 Å². The third-order valence-electron chi connectivity index (χ3n) is 4.89. The van der Waals surface area contributed by atoms with Crippen LogP contribution in [0.2, 0.25) is 0 Å². The summed E-state index contributed by atoms with van der Waals surface area (Å²) in [4.78, 5) is 11.0. The molecule has 0 spiro atoms. The third kappa shape index (κ3) is 2.49. The van der Waals surface area contributed by atoms with Gasteiger partial charge in [-0.15, -0.1) is 0 Å². The Morgan fingerprint density at radius 1 is 1.13 bits per heavy atom. The fourth-order valence-corrected chi connectivity index (χ4v) is 3.78. The first-order valence-corrected chi connectivity index (χ1v) is 8.04. The number of para-hydroxylation sites is 1. The van der Waals surface area contributed by atoms with Crippen molar-refractivity contribution in [2.75, 3.05) is 11.9 Å². The molecule has 0 bridgehead atoms. The van der Waals surface area contributed by atoms with Gasteiger partial charge in [-0.1, -0.05) is 30.3 Å². The van der Waals surface area contributed by atoms with Crippen molar-refractivity contribution in [3.8, 4) is 0 Å². The summed E-state index contributed by atoms with van der Waals surface area (Å²) < 4.78 is 6.09. The lowest BCUT2D eigenvalue weighted by atomic mass is 9.77. The molecule has 4 nitrogen and oxygen atoms in total. The summed E-state index contributed by atoms with van der Waals surface area (Å²) in [7, 11) is 0. The van der Waals surface area contributed by atoms with Crippen LogP contribution < -0.4 is 5.32 Å². The average molecular weight is 309 g/mol. The molecule has 0 aliphatic carbocycles. The molecule has 2 N–H and O–H groups in total. The van der Waals surface area contributed by atoms with Gasteiger partial charge in [-0.25, -0.2) is 4.79 Å². The molecule has 1 fully saturated rings. The van der Waals surface area contributed by atoms with E-state index in [4.69, 9.17) is 9.84 Å². The van der Waals surface area contributed by atoms with Gasteiger partial charge in [-0.2, -0.15) is 0 Å². The van der Waals surface area contributed by atoms with Crippen LogP contribution in [0.4, 0.5) is 5.69 Å². The van der Waals surface area contributed by atoms with E-state index in [1.807, 2.05) is 18.2 Å². The van der Waals surface area contributed by atoms with Crippen LogP contribution in [0.1, 0.15) is 46.5 Å². The van der Waals surface area contributed by atoms with Crippen LogP contribution in [0.3, 0.4) is 0 Å². The van der Waals surface area contributed by atoms with Gasteiger partial charge in [0.05, 0.1) is 17.7 Å². The Kier molecular flexibility index (Phi) is 3.54. The largest absolute Gasteiger partial charge is 0.478 e. The molecule has 118 valence electrons. The van der Waals surface area contributed by atoms with Gasteiger partial charge >= 0.3 is 5.97 Å². The Balaban J connectivity index is 1.72. The minimum Gasteiger partial charge on any atom is -0.478 e. The highest BCUT2D eigenvalue weighted by molar-refractivity contribution is 5.87. The summed E-state index contributed by atoms with van der Waals surface area (Å²) in [5.74, 6) is -0.522. The number of hydrogen-bond acceptors (Lipinski definition) is 3. The van der Waals surface area contributed by atoms with Gasteiger partial charge in [0, 0.05) is 23.8 Å². The van der Waals surface area contributed by atoms with Crippen molar-refractivity contribution >= 4 is 11.7 Å². The SMILES string of the molecule is O=C(O)c1ccc([C@@H]2Nc3ccccc3C3OCCC[C@H]32)cc1. The highest BCUT2D eigenvalue weighted by Gasteiger charge is 2.39. The van der Waals surface area contributed by atoms with Crippen LogP contribution in [0.5, 0.6) is 0 Å². The first kappa shape index (κ1) is 14.3. The van der Waals surface area contributed by atoms with Gasteiger partial charge in [-0.05, 0) is 36.6 Å². The van der Waals surface area contributed by atoms with Gasteiger partial charge in [-0.3, -0.25) is 0 Å². The maximum atomic E-state index is 11.0. The number of anilines is 1. The van der Waals surface area contributed by atoms with Crippen molar-refractivity contribution in [1.82, 2.24) is 0 Å². The van der Waals surface area contributed by atoms with E-state index in [1.165, 1.54) is 5.56 Å². The van der Waals surface area contributed by atoms with Crippen LogP contribution in [0.25, 0.3) is 0 Å². The van der Waals surface area contributed by atoms with Gasteiger partial charge in [0.2, 0.25) is 0 Å². The molecule has 2 heterocycles. The summed E-state index contributed by atoms with van der Waals surface area (Å²) in [5, 5.41) is 12.7. The minimum absolute atomic E-state index is 0.116. The van der Waals surface area contributed by atoms with Crippen molar-refractivity contribution in [2.24, 2.45) is 5.92 Å². The summed E-state index contributed by atoms with van der Waals surface area (Å²) in [6.45, 7) is 0.806. The molecule has 2 aromatic carbocycles. The fraction of sp³-hybridized carbons (Fsp3) is 0.316. The van der Waals surface area contributed by atoms with Gasteiger partial charge in [0.1, 0.15) is 0 Å². The van der Waals surface area contributed by atoms with Crippen molar-refractivity contribution < 1.29 is 14.6 Å². The molecule has 4 rings (SSSR count). The molecule has 1 saturated heterocycles. The number of nitrogens with one attached hydrogen (secondary N) is 1. The lowest BCUT2D eigenvalue weighted by Crippen LogP contribution is -2.35. The minimum atomic E-state index is -0.891. The fourth-order valence-electron chi connectivity index (χ4n) is 3.78. The maximum absolute atomic E-state index is 11.0. The lowest BCUT2D eigenvalue weighted by Gasteiger charge is -2.43. The molecule has 2 aliphatic heterocycles. The molecule has 0 amide bonds. The zero-order valence-corrected chi connectivity index (χ0v) is 12.7. The Hall–Kier alpha value is -2.33. The summed E-state index contributed by atoms with van der Waals surface area (Å²) in [6.07, 6.45) is 2.29. The normalized spacial score (nSPS) is 25.8. The number of carboxylic acids is 1. The smallest absolute Gasteiger partial charge is 0.335 e. The number of carbonyl (C=O) groups is 1. The van der Waals surface area contributed by atoms with Crippen LogP contribution in [0.15, 0.2) is 48.5 Å². The van der Waals surface area contributed by atoms with Crippen molar-refractivity contribution in [1.29, 1.82) is 0 Å². The number of hydrogen-bond donors (Lipinski definition) is 2. The number of ether oxygens (including phenoxy) is 1. The maximum Gasteiger partial charge on any atom is 0.335 e. The zero-order valence-electron chi connectivity index (χ0n) is 12.7. The van der Waals surface area contributed by atoms with Crippen LogP contribution in [-0.4, -0.2) is 17.7 Å². The summed E-state index contributed by atoms with van der Waals surface area (Å²) >= 11 is 0. The average Bonchev–Trinajstić information content (AvgIpc) is 2.61. The molecule has 2 aromatic rings. The number of fused-ring (bicyclic) bond motifs is 3. The Labute approximate surface area is 135 Å². The van der Waals surface area contributed by atoms with E-state index < -0.39 is 5.97 Å². The second-order valence-electron chi connectivity index (χ2n) is 6.23. The van der Waals surface area contributed by atoms with E-state index in [-0.39, 0.29) is 12.1 Å². The van der Waals surface area contributed by atoms with E-state index >= 15 is 0 Å². The molecule has 0 aromatic heterocycles. The Morgan fingerprint density at radius 2 is 1.91 bits per heavy atom. The molecule has 0 saturated carbocycles. The monoisotopic (exact) mass is 309 g/mol. The molecule has 1 unspecified atom stereocenters. The molecular formula is C19H19NO3. The first-order chi connectivity index (χ1) is 11.2. The van der Waals surface area contributed by atoms with Crippen molar-refractivity contribution in [2.45, 2.75) is 25.0 Å². The van der Waals surface area contributed by atoms with Gasteiger partial charge < -0.3 is 15.2 Å². The highest BCUT2D eigenvalue weighted by Crippen LogP contribution is 2.48. The molecule has 2 aliphatic rings. The Bertz CT molecular complexity index is 726. The van der Waals surface area contributed by atoms with E-state index in [2.05, 4.69) is 23.5 Å². The van der Waals surface area contributed by atoms with Crippen molar-refractivity contribution in [3.05, 3.63) is 65.2 Å². The van der Waals surface area contributed by atoms with Crippen molar-refractivity contribution in [3.63, 3.8) is 0 Å². The Morgan fingerprint density at radius 3 is 2.70 bits per heavy atom. The van der Waals surface area contributed by atoms with E-state index in [0.717, 1.165) is 30.7 Å². The lowest BCUT2D eigenvalue weighted by molar-refractivity contribution is -0.0381. The second-order valence-corrected chi connectivity index (χ2v) is 6.23. The molecule has 23 heavy (non-hydrogen) atoms. The second kappa shape index (κ2) is 5.70. The molecule has 4 heteroatoms. The zero-order chi connectivity index (χ0) is 15.8. The van der Waals surface area contributed by atoms with Crippen LogP contribution in [-0.2, 0) is 4.74 Å². The quantitative estimate of drug-likeness (QED) is 0.879. The first-order valence-electron chi connectivity index (χ1n) is 8.04. The van der Waals surface area contributed by atoms with E-state index in [9.17, 15) is 4.79 Å². The van der Waals surface area contributed by atoms with Crippen LogP contribution in [0, 0.1) is 5.92 Å². The third-order valence-corrected chi connectivity index (χ3v) is 4.89. The number of benzene rings is 2. The number of aromatic carboxylic acids is 1. The van der Waals surface area contributed by atoms with Crippen LogP contribution >= 0.6 is 0 Å². The van der Waals surface area contributed by atoms with Gasteiger partial charge in [0.25, 0.3) is 0 Å². The summed E-state index contributed by atoms with van der Waals surface area (Å²) in [5.41, 5.74) is 3.78. The summed E-state index contributed by atoms with van der Waals surface area (Å²) in [6, 6.07) is 15.6.